The van der Waals surface area contributed by atoms with Gasteiger partial charge in [-0.2, -0.15) is 0 Å². The molecule has 0 spiro atoms. The summed E-state index contributed by atoms with van der Waals surface area (Å²) in [5.74, 6) is 1.39. The van der Waals surface area contributed by atoms with Crippen molar-refractivity contribution in [2.45, 2.75) is 12.2 Å². The zero-order chi connectivity index (χ0) is 47.0. The Labute approximate surface area is 398 Å². The van der Waals surface area contributed by atoms with Crippen LogP contribution >= 0.6 is 47.6 Å². The number of pyridine rings is 2. The molecule has 0 saturated carbocycles. The number of hydrogen-bond donors (Lipinski definition) is 1. The number of cyclic esters (lactones) is 2. The molecule has 6 heterocycles. The van der Waals surface area contributed by atoms with Crippen LogP contribution in [-0.4, -0.2) is 133 Å². The number of benzene rings is 2. The Morgan fingerprint density at radius 3 is 1.51 bits per heavy atom. The number of anilines is 4. The number of nitrogens with zero attached hydrogens (tertiary/aromatic N) is 7. The van der Waals surface area contributed by atoms with Crippen LogP contribution in [0.5, 0.6) is 0 Å². The zero-order valence-corrected chi connectivity index (χ0v) is 39.3. The molecule has 0 unspecified atom stereocenters. The first-order valence-corrected chi connectivity index (χ1v) is 24.7. The summed E-state index contributed by atoms with van der Waals surface area (Å²) in [5.41, 5.74) is 6.81. The van der Waals surface area contributed by atoms with E-state index in [1.54, 1.807) is 48.5 Å². The molecule has 2 amide bonds. The van der Waals surface area contributed by atoms with Gasteiger partial charge in [0.15, 0.2) is 5.11 Å². The van der Waals surface area contributed by atoms with Gasteiger partial charge in [0, 0.05) is 102 Å². The van der Waals surface area contributed by atoms with Crippen molar-refractivity contribution in [2.75, 3.05) is 100 Å². The molecular formula is C41H44Cl2F2N8O8S4. The zero-order valence-electron chi connectivity index (χ0n) is 34.5. The SMILES string of the molecule is ClCCl.NC[C@H]1CN(c2ccc(N3CCS(=O)CC3)c(F)c2)C(=O)O1.O=C1O[C@@H](CN=C=S)CN1c1ccc(N2CCS(=O)CC2)c(F)c1.O=c1ccccn1C(=S)n1ccccc1=O. The molecule has 4 aliphatic heterocycles. The van der Waals surface area contributed by atoms with Gasteiger partial charge < -0.3 is 25.0 Å². The number of hydrogen-bond acceptors (Lipinski definition) is 14. The van der Waals surface area contributed by atoms with Crippen LogP contribution in [0.4, 0.5) is 41.1 Å². The number of nitrogens with two attached hydrogens (primary N) is 1. The lowest BCUT2D eigenvalue weighted by Crippen LogP contribution is -2.38. The molecular weight excluding hydrogens is 970 g/mol. The highest BCUT2D eigenvalue weighted by Gasteiger charge is 2.34. The number of isothiocyanates is 1. The summed E-state index contributed by atoms with van der Waals surface area (Å²) in [6.45, 7) is 3.38. The van der Waals surface area contributed by atoms with Crippen molar-refractivity contribution in [3.63, 3.8) is 0 Å². The molecule has 4 aliphatic rings. The molecule has 4 fully saturated rings. The highest BCUT2D eigenvalue weighted by atomic mass is 35.5. The fraction of sp³-hybridized carbons (Fsp3) is 0.366. The molecule has 0 aliphatic carbocycles. The van der Waals surface area contributed by atoms with E-state index in [0.717, 1.165) is 0 Å². The molecule has 2 atom stereocenters. The number of halogens is 4. The van der Waals surface area contributed by atoms with Gasteiger partial charge in [-0.1, -0.05) is 12.1 Å². The molecule has 24 heteroatoms. The summed E-state index contributed by atoms with van der Waals surface area (Å²) >= 11 is 19.1. The van der Waals surface area contributed by atoms with Crippen LogP contribution in [0.3, 0.4) is 0 Å². The maximum absolute atomic E-state index is 14.5. The average molecular weight is 1010 g/mol. The molecule has 65 heavy (non-hydrogen) atoms. The van der Waals surface area contributed by atoms with E-state index in [0.29, 0.717) is 85.0 Å². The molecule has 4 saturated heterocycles. The Morgan fingerprint density at radius 1 is 0.723 bits per heavy atom. The smallest absolute Gasteiger partial charge is 0.414 e. The minimum absolute atomic E-state index is 0.149. The van der Waals surface area contributed by atoms with Crippen LogP contribution in [-0.2, 0) is 31.1 Å². The number of aliphatic imine (C=N–C) groups is 1. The number of ether oxygens (including phenoxy) is 2. The number of aromatic nitrogens is 2. The second-order valence-corrected chi connectivity index (χ2v) is 18.8. The van der Waals surface area contributed by atoms with Gasteiger partial charge in [0.05, 0.1) is 52.9 Å². The monoisotopic (exact) mass is 1010 g/mol. The van der Waals surface area contributed by atoms with E-state index in [-0.39, 0.29) is 40.8 Å². The van der Waals surface area contributed by atoms with E-state index in [9.17, 15) is 36.4 Å². The van der Waals surface area contributed by atoms with Crippen LogP contribution in [0.15, 0.2) is 99.8 Å². The number of carbonyl (C=O) groups excluding carboxylic acids is 2. The molecule has 348 valence electrons. The minimum Gasteiger partial charge on any atom is -0.443 e. The maximum atomic E-state index is 14.5. The molecule has 0 radical (unpaired) electrons. The Hall–Kier alpha value is -4.93. The number of alkyl halides is 2. The average Bonchev–Trinajstić information content (AvgIpc) is 3.88. The summed E-state index contributed by atoms with van der Waals surface area (Å²) in [7, 11) is -1.62. The third-order valence-electron chi connectivity index (χ3n) is 9.95. The largest absolute Gasteiger partial charge is 0.443 e. The fourth-order valence-electron chi connectivity index (χ4n) is 6.71. The first kappa shape index (κ1) is 51.1. The molecule has 2 aromatic carbocycles. The lowest BCUT2D eigenvalue weighted by atomic mass is 10.2. The first-order chi connectivity index (χ1) is 31.3. The van der Waals surface area contributed by atoms with Crippen molar-refractivity contribution in [1.82, 2.24) is 9.13 Å². The van der Waals surface area contributed by atoms with Crippen molar-refractivity contribution >= 4 is 114 Å². The summed E-state index contributed by atoms with van der Waals surface area (Å²) in [6, 6.07) is 18.7. The predicted molar refractivity (Wildman–Crippen MR) is 259 cm³/mol. The van der Waals surface area contributed by atoms with E-state index < -0.39 is 51.5 Å². The standard InChI is InChI=1S/C15H16FN3O3S2.C14H18FN3O3S.C11H8N2O2S.CH2Cl2/c16-13-7-11(19-9-12(8-17-10-23)22-15(19)20)1-2-14(13)18-3-5-24(21)6-4-18;15-12-7-10(18-9-11(8-16)21-14(18)19)1-2-13(12)17-3-5-22(20)6-4-17;14-9-5-1-3-7-12(9)11(16)13-8-4-2-6-10(13)15;2-1-3/h1-2,7,12H,3-6,8-9H2;1-2,7,11H,3-6,8-9,16H2;1-8H;1H2/t12-;11-;;/m00../s1. The molecule has 2 aromatic heterocycles. The first-order valence-electron chi connectivity index (χ1n) is 19.8. The van der Waals surface area contributed by atoms with Crippen molar-refractivity contribution in [1.29, 1.82) is 0 Å². The van der Waals surface area contributed by atoms with Gasteiger partial charge in [0.25, 0.3) is 11.1 Å². The second kappa shape index (κ2) is 25.1. The van der Waals surface area contributed by atoms with E-state index >= 15 is 0 Å². The van der Waals surface area contributed by atoms with Crippen molar-refractivity contribution in [2.24, 2.45) is 10.7 Å². The number of carbonyl (C=O) groups is 2. The summed E-state index contributed by atoms with van der Waals surface area (Å²) in [5, 5.41) is 2.58. The Morgan fingerprint density at radius 2 is 1.14 bits per heavy atom. The van der Waals surface area contributed by atoms with E-state index in [1.165, 1.54) is 55.6 Å². The lowest BCUT2D eigenvalue weighted by molar-refractivity contribution is 0.144. The number of rotatable bonds is 7. The van der Waals surface area contributed by atoms with Crippen LogP contribution in [0.2, 0.25) is 0 Å². The van der Waals surface area contributed by atoms with Crippen molar-refractivity contribution < 1.29 is 36.3 Å². The third-order valence-corrected chi connectivity index (χ3v) is 13.0. The van der Waals surface area contributed by atoms with Gasteiger partial charge in [0.1, 0.15) is 23.8 Å². The normalized spacial score (nSPS) is 18.5. The van der Waals surface area contributed by atoms with E-state index in [4.69, 9.17) is 50.6 Å². The highest BCUT2D eigenvalue weighted by Crippen LogP contribution is 2.30. The fourth-order valence-corrected chi connectivity index (χ4v) is 9.19. The van der Waals surface area contributed by atoms with Crippen LogP contribution in [0.1, 0.15) is 0 Å². The lowest BCUT2D eigenvalue weighted by Gasteiger charge is -2.29. The van der Waals surface area contributed by atoms with Crippen LogP contribution in [0.25, 0.3) is 0 Å². The minimum atomic E-state index is -0.814. The van der Waals surface area contributed by atoms with Gasteiger partial charge in [-0.3, -0.25) is 36.9 Å². The number of thiocarbonyl (C=S) groups is 2. The van der Waals surface area contributed by atoms with Crippen molar-refractivity contribution in [3.05, 3.63) is 118 Å². The predicted octanol–water partition coefficient (Wildman–Crippen LogP) is 4.61. The Kier molecular flexibility index (Phi) is 19.7. The third kappa shape index (κ3) is 14.0. The Balaban J connectivity index is 0.000000181. The molecule has 2 N–H and O–H groups in total. The van der Waals surface area contributed by atoms with Gasteiger partial charge >= 0.3 is 12.2 Å². The van der Waals surface area contributed by atoms with E-state index in [1.807, 2.05) is 9.80 Å². The van der Waals surface area contributed by atoms with Gasteiger partial charge in [0.2, 0.25) is 0 Å². The summed E-state index contributed by atoms with van der Waals surface area (Å²) in [6.07, 6.45) is 1.27. The van der Waals surface area contributed by atoms with Crippen molar-refractivity contribution in [3.8, 4) is 0 Å². The second-order valence-electron chi connectivity index (χ2n) is 14.0. The maximum Gasteiger partial charge on any atom is 0.414 e. The quantitative estimate of drug-likeness (QED) is 0.154. The topological polar surface area (TPSA) is 182 Å². The summed E-state index contributed by atoms with van der Waals surface area (Å²) in [4.78, 5) is 57.0. The van der Waals surface area contributed by atoms with Crippen LogP contribution < -0.4 is 36.5 Å². The highest BCUT2D eigenvalue weighted by molar-refractivity contribution is 7.85. The molecule has 8 rings (SSSR count). The number of amides is 2. The summed E-state index contributed by atoms with van der Waals surface area (Å²) < 4.78 is 64.4. The van der Waals surface area contributed by atoms with Gasteiger partial charge in [-0.25, -0.2) is 23.4 Å². The molecule has 16 nitrogen and oxygen atoms in total. The molecule has 0 bridgehead atoms. The van der Waals surface area contributed by atoms with Gasteiger partial charge in [-0.05, 0) is 73.0 Å². The Bertz CT molecular complexity index is 2480. The van der Waals surface area contributed by atoms with E-state index in [2.05, 4.69) is 22.4 Å². The molecule has 4 aromatic rings. The van der Waals surface area contributed by atoms with Crippen LogP contribution in [0, 0.1) is 11.6 Å². The van der Waals surface area contributed by atoms with Gasteiger partial charge in [-0.15, -0.1) is 23.2 Å².